The van der Waals surface area contributed by atoms with Gasteiger partial charge in [0.2, 0.25) is 0 Å². The summed E-state index contributed by atoms with van der Waals surface area (Å²) in [6, 6.07) is 5.64. The highest BCUT2D eigenvalue weighted by Gasteiger charge is 2.10. The molecule has 0 atom stereocenters. The third kappa shape index (κ3) is 2.35. The topological polar surface area (TPSA) is 43.1 Å². The molecule has 0 bridgehead atoms. The molecular formula is C11H14BrNO. The van der Waals surface area contributed by atoms with Gasteiger partial charge in [-0.1, -0.05) is 35.0 Å². The van der Waals surface area contributed by atoms with Gasteiger partial charge in [0, 0.05) is 23.0 Å². The van der Waals surface area contributed by atoms with Crippen LogP contribution in [0, 0.1) is 0 Å². The molecule has 0 saturated heterocycles. The number of halogens is 1. The number of hydrogen-bond donors (Lipinski definition) is 1. The zero-order chi connectivity index (χ0) is 10.6. The standard InChI is InChI=1S/C11H14BrNO/c1-2-8-4-3-5-9(11(8)13)10(14)6-7-12/h3-5H,2,6-7,13H2,1H3. The fraction of sp³-hybridized carbons (Fsp3) is 0.364. The highest BCUT2D eigenvalue weighted by Crippen LogP contribution is 2.19. The van der Waals surface area contributed by atoms with Crippen LogP contribution in [0.3, 0.4) is 0 Å². The van der Waals surface area contributed by atoms with Crippen molar-refractivity contribution < 1.29 is 4.79 Å². The summed E-state index contributed by atoms with van der Waals surface area (Å²) in [6.45, 7) is 2.03. The highest BCUT2D eigenvalue weighted by molar-refractivity contribution is 9.09. The van der Waals surface area contributed by atoms with E-state index in [-0.39, 0.29) is 5.78 Å². The highest BCUT2D eigenvalue weighted by atomic mass is 79.9. The summed E-state index contributed by atoms with van der Waals surface area (Å²) in [5.41, 5.74) is 8.23. The summed E-state index contributed by atoms with van der Waals surface area (Å²) in [5, 5.41) is 0.682. The van der Waals surface area contributed by atoms with Crippen molar-refractivity contribution in [3.05, 3.63) is 29.3 Å². The maximum atomic E-state index is 11.6. The van der Waals surface area contributed by atoms with Crippen molar-refractivity contribution in [1.29, 1.82) is 0 Å². The van der Waals surface area contributed by atoms with Crippen LogP contribution >= 0.6 is 15.9 Å². The normalized spacial score (nSPS) is 10.1. The number of carbonyl (C=O) groups is 1. The zero-order valence-electron chi connectivity index (χ0n) is 8.22. The zero-order valence-corrected chi connectivity index (χ0v) is 9.80. The van der Waals surface area contributed by atoms with Gasteiger partial charge in [0.1, 0.15) is 0 Å². The number of aryl methyl sites for hydroxylation is 1. The Kier molecular flexibility index (Phi) is 4.14. The molecule has 0 saturated carbocycles. The van der Waals surface area contributed by atoms with Crippen LogP contribution in [0.5, 0.6) is 0 Å². The van der Waals surface area contributed by atoms with Gasteiger partial charge in [-0.05, 0) is 18.1 Å². The van der Waals surface area contributed by atoms with Gasteiger partial charge in [0.25, 0.3) is 0 Å². The molecule has 0 unspecified atom stereocenters. The lowest BCUT2D eigenvalue weighted by molar-refractivity contribution is 0.0990. The first-order valence-electron chi connectivity index (χ1n) is 4.67. The molecule has 0 aliphatic heterocycles. The maximum absolute atomic E-state index is 11.6. The Labute approximate surface area is 92.6 Å². The van der Waals surface area contributed by atoms with Crippen LogP contribution in [0.2, 0.25) is 0 Å². The van der Waals surface area contributed by atoms with Gasteiger partial charge in [-0.25, -0.2) is 0 Å². The second-order valence-electron chi connectivity index (χ2n) is 3.09. The first-order valence-corrected chi connectivity index (χ1v) is 5.79. The van der Waals surface area contributed by atoms with Crippen LogP contribution in [-0.2, 0) is 6.42 Å². The van der Waals surface area contributed by atoms with E-state index in [4.69, 9.17) is 5.73 Å². The number of nitrogen functional groups attached to an aromatic ring is 1. The summed E-state index contributed by atoms with van der Waals surface area (Å²) in [5.74, 6) is 0.106. The minimum atomic E-state index is 0.106. The molecule has 2 nitrogen and oxygen atoms in total. The molecule has 0 aromatic heterocycles. The number of carbonyl (C=O) groups excluding carboxylic acids is 1. The van der Waals surface area contributed by atoms with E-state index in [0.717, 1.165) is 12.0 Å². The molecule has 0 radical (unpaired) electrons. The summed E-state index contributed by atoms with van der Waals surface area (Å²) in [7, 11) is 0. The third-order valence-corrected chi connectivity index (χ3v) is 2.60. The number of para-hydroxylation sites is 1. The van der Waals surface area contributed by atoms with Crippen molar-refractivity contribution in [3.63, 3.8) is 0 Å². The molecule has 0 amide bonds. The molecule has 0 fully saturated rings. The van der Waals surface area contributed by atoms with E-state index < -0.39 is 0 Å². The number of ketones is 1. The number of Topliss-reactive ketones (excluding diaryl/α,β-unsaturated/α-hetero) is 1. The average molecular weight is 256 g/mol. The van der Waals surface area contributed by atoms with Crippen molar-refractivity contribution >= 4 is 27.4 Å². The fourth-order valence-corrected chi connectivity index (χ4v) is 1.75. The second-order valence-corrected chi connectivity index (χ2v) is 3.89. The molecule has 14 heavy (non-hydrogen) atoms. The molecule has 0 heterocycles. The van der Waals surface area contributed by atoms with Crippen molar-refractivity contribution in [1.82, 2.24) is 0 Å². The quantitative estimate of drug-likeness (QED) is 0.511. The van der Waals surface area contributed by atoms with E-state index in [9.17, 15) is 4.79 Å². The summed E-state index contributed by atoms with van der Waals surface area (Å²) in [6.07, 6.45) is 1.36. The molecule has 1 aromatic rings. The summed E-state index contributed by atoms with van der Waals surface area (Å²) >= 11 is 3.25. The van der Waals surface area contributed by atoms with Gasteiger partial charge in [-0.2, -0.15) is 0 Å². The minimum absolute atomic E-state index is 0.106. The third-order valence-electron chi connectivity index (χ3n) is 2.20. The van der Waals surface area contributed by atoms with Crippen LogP contribution in [-0.4, -0.2) is 11.1 Å². The Morgan fingerprint density at radius 3 is 2.79 bits per heavy atom. The Morgan fingerprint density at radius 2 is 2.21 bits per heavy atom. The number of rotatable bonds is 4. The molecular weight excluding hydrogens is 242 g/mol. The van der Waals surface area contributed by atoms with Crippen molar-refractivity contribution in [2.45, 2.75) is 19.8 Å². The van der Waals surface area contributed by atoms with Crippen molar-refractivity contribution in [2.75, 3.05) is 11.1 Å². The van der Waals surface area contributed by atoms with Gasteiger partial charge < -0.3 is 5.73 Å². The molecule has 0 aliphatic rings. The first-order chi connectivity index (χ1) is 6.70. The predicted molar refractivity (Wildman–Crippen MR) is 63.0 cm³/mol. The van der Waals surface area contributed by atoms with Gasteiger partial charge in [0.15, 0.2) is 5.78 Å². The van der Waals surface area contributed by atoms with E-state index in [1.165, 1.54) is 0 Å². The van der Waals surface area contributed by atoms with E-state index in [1.54, 1.807) is 6.07 Å². The molecule has 76 valence electrons. The summed E-state index contributed by atoms with van der Waals surface area (Å²) in [4.78, 5) is 11.6. The number of benzene rings is 1. The lowest BCUT2D eigenvalue weighted by Gasteiger charge is -2.07. The molecule has 1 aromatic carbocycles. The number of anilines is 1. The lowest BCUT2D eigenvalue weighted by atomic mass is 10.0. The Hall–Kier alpha value is -0.830. The van der Waals surface area contributed by atoms with Gasteiger partial charge >= 0.3 is 0 Å². The molecule has 2 N–H and O–H groups in total. The molecule has 3 heteroatoms. The predicted octanol–water partition coefficient (Wildman–Crippen LogP) is 2.80. The monoisotopic (exact) mass is 255 g/mol. The van der Waals surface area contributed by atoms with E-state index in [0.29, 0.717) is 23.0 Å². The fourth-order valence-electron chi connectivity index (χ4n) is 1.38. The van der Waals surface area contributed by atoms with Crippen LogP contribution < -0.4 is 5.73 Å². The smallest absolute Gasteiger partial charge is 0.165 e. The molecule has 1 rings (SSSR count). The van der Waals surface area contributed by atoms with Gasteiger partial charge in [0.05, 0.1) is 0 Å². The Morgan fingerprint density at radius 1 is 1.50 bits per heavy atom. The van der Waals surface area contributed by atoms with Crippen LogP contribution in [0.4, 0.5) is 5.69 Å². The number of nitrogens with two attached hydrogens (primary N) is 1. The summed E-state index contributed by atoms with van der Waals surface area (Å²) < 4.78 is 0. The van der Waals surface area contributed by atoms with Gasteiger partial charge in [-0.15, -0.1) is 0 Å². The van der Waals surface area contributed by atoms with E-state index >= 15 is 0 Å². The average Bonchev–Trinajstić information content (AvgIpc) is 2.18. The first kappa shape index (κ1) is 11.2. The lowest BCUT2D eigenvalue weighted by Crippen LogP contribution is -2.06. The molecule has 0 spiro atoms. The van der Waals surface area contributed by atoms with Crippen LogP contribution in [0.15, 0.2) is 18.2 Å². The number of hydrogen-bond acceptors (Lipinski definition) is 2. The van der Waals surface area contributed by atoms with E-state index in [2.05, 4.69) is 15.9 Å². The Balaban J connectivity index is 3.03. The number of alkyl halides is 1. The SMILES string of the molecule is CCc1cccc(C(=O)CCBr)c1N. The minimum Gasteiger partial charge on any atom is -0.398 e. The van der Waals surface area contributed by atoms with Crippen LogP contribution in [0.1, 0.15) is 29.3 Å². The second kappa shape index (κ2) is 5.15. The largest absolute Gasteiger partial charge is 0.398 e. The molecule has 0 aliphatic carbocycles. The van der Waals surface area contributed by atoms with Gasteiger partial charge in [-0.3, -0.25) is 4.79 Å². The van der Waals surface area contributed by atoms with Crippen molar-refractivity contribution in [3.8, 4) is 0 Å². The maximum Gasteiger partial charge on any atom is 0.165 e. The van der Waals surface area contributed by atoms with Crippen molar-refractivity contribution in [2.24, 2.45) is 0 Å². The van der Waals surface area contributed by atoms with E-state index in [1.807, 2.05) is 19.1 Å². The Bertz CT molecular complexity index is 336. The van der Waals surface area contributed by atoms with Crippen LogP contribution in [0.25, 0.3) is 0 Å².